The summed E-state index contributed by atoms with van der Waals surface area (Å²) in [7, 11) is 0. The standard InChI is InChI=1S/C47H28N4O/c1-2-13-30-28-31(25-24-29(30)12-1)45-48-46(50-47(49-45)38-19-11-23-43-44(38)37-18-7-10-22-42(37)52-43)36-26-27-41(33-15-4-3-14-32(33)36)51-39-20-8-5-16-34(39)35-17-6-9-21-40(35)51/h1-28H. The molecule has 0 bridgehead atoms. The predicted octanol–water partition coefficient (Wildman–Crippen LogP) is 12.2. The minimum absolute atomic E-state index is 0.598. The lowest BCUT2D eigenvalue weighted by atomic mass is 10.0. The third-order valence-corrected chi connectivity index (χ3v) is 10.2. The van der Waals surface area contributed by atoms with Gasteiger partial charge in [-0.05, 0) is 58.6 Å². The molecule has 52 heavy (non-hydrogen) atoms. The first-order chi connectivity index (χ1) is 25.8. The van der Waals surface area contributed by atoms with E-state index >= 15 is 0 Å². The van der Waals surface area contributed by atoms with Crippen LogP contribution in [-0.2, 0) is 0 Å². The zero-order valence-corrected chi connectivity index (χ0v) is 27.9. The molecule has 0 saturated heterocycles. The Morgan fingerprint density at radius 3 is 1.77 bits per heavy atom. The summed E-state index contributed by atoms with van der Waals surface area (Å²) in [5.74, 6) is 1.83. The summed E-state index contributed by atoms with van der Waals surface area (Å²) in [5, 5.41) is 8.96. The number of nitrogens with zero attached hydrogens (tertiary/aromatic N) is 4. The Kier molecular flexibility index (Phi) is 6.18. The van der Waals surface area contributed by atoms with Crippen molar-refractivity contribution in [1.29, 1.82) is 0 Å². The van der Waals surface area contributed by atoms with Crippen LogP contribution in [0.1, 0.15) is 0 Å². The summed E-state index contributed by atoms with van der Waals surface area (Å²) in [4.78, 5) is 15.7. The number of hydrogen-bond donors (Lipinski definition) is 0. The van der Waals surface area contributed by atoms with Gasteiger partial charge >= 0.3 is 0 Å². The Labute approximate surface area is 298 Å². The Balaban J connectivity index is 1.18. The van der Waals surface area contributed by atoms with Crippen LogP contribution in [0.5, 0.6) is 0 Å². The number of rotatable bonds is 4. The van der Waals surface area contributed by atoms with E-state index in [9.17, 15) is 0 Å². The fourth-order valence-corrected chi connectivity index (χ4v) is 7.89. The van der Waals surface area contributed by atoms with Gasteiger partial charge in [0.1, 0.15) is 11.2 Å². The minimum Gasteiger partial charge on any atom is -0.456 e. The van der Waals surface area contributed by atoms with E-state index in [0.717, 1.165) is 60.5 Å². The van der Waals surface area contributed by atoms with Crippen LogP contribution in [0.25, 0.3) is 105 Å². The molecule has 8 aromatic carbocycles. The second-order valence-corrected chi connectivity index (χ2v) is 13.2. The summed E-state index contributed by atoms with van der Waals surface area (Å²) in [6.45, 7) is 0. The summed E-state index contributed by atoms with van der Waals surface area (Å²) in [6.07, 6.45) is 0. The van der Waals surface area contributed by atoms with Crippen LogP contribution >= 0.6 is 0 Å². The van der Waals surface area contributed by atoms with E-state index in [0.29, 0.717) is 17.5 Å². The molecule has 0 spiro atoms. The molecule has 3 aromatic heterocycles. The third-order valence-electron chi connectivity index (χ3n) is 10.2. The fourth-order valence-electron chi connectivity index (χ4n) is 7.89. The van der Waals surface area contributed by atoms with Crippen molar-refractivity contribution in [2.24, 2.45) is 0 Å². The zero-order chi connectivity index (χ0) is 34.2. The van der Waals surface area contributed by atoms with Gasteiger partial charge in [-0.15, -0.1) is 0 Å². The molecule has 0 saturated carbocycles. The molecule has 0 amide bonds. The van der Waals surface area contributed by atoms with Gasteiger partial charge in [0.05, 0.1) is 16.7 Å². The molecule has 0 N–H and O–H groups in total. The second-order valence-electron chi connectivity index (χ2n) is 13.2. The maximum atomic E-state index is 6.29. The molecule has 0 fully saturated rings. The minimum atomic E-state index is 0.598. The van der Waals surface area contributed by atoms with Gasteiger partial charge in [0.2, 0.25) is 0 Å². The van der Waals surface area contributed by atoms with Crippen LogP contribution in [0.4, 0.5) is 0 Å². The molecule has 0 aliphatic rings. The third kappa shape index (κ3) is 4.33. The van der Waals surface area contributed by atoms with Crippen LogP contribution in [0.15, 0.2) is 174 Å². The monoisotopic (exact) mass is 664 g/mol. The van der Waals surface area contributed by atoms with Crippen LogP contribution in [0.3, 0.4) is 0 Å². The first kappa shape index (κ1) is 28.7. The molecular formula is C47H28N4O. The molecule has 0 radical (unpaired) electrons. The first-order valence-corrected chi connectivity index (χ1v) is 17.5. The SMILES string of the molecule is c1ccc2cc(-c3nc(-c4ccc(-n5c6ccccc6c6ccccc65)c5ccccc45)nc(-c4cccc5oc6ccccc6c45)n3)ccc2c1. The highest BCUT2D eigenvalue weighted by atomic mass is 16.3. The van der Waals surface area contributed by atoms with E-state index in [4.69, 9.17) is 19.4 Å². The first-order valence-electron chi connectivity index (χ1n) is 17.5. The molecule has 0 aliphatic heterocycles. The fraction of sp³-hybridized carbons (Fsp3) is 0. The highest BCUT2D eigenvalue weighted by molar-refractivity contribution is 6.13. The number of furan rings is 1. The van der Waals surface area contributed by atoms with Crippen LogP contribution in [-0.4, -0.2) is 19.5 Å². The summed E-state index contributed by atoms with van der Waals surface area (Å²) in [5.41, 5.74) is 7.85. The van der Waals surface area contributed by atoms with Crippen molar-refractivity contribution < 1.29 is 4.42 Å². The van der Waals surface area contributed by atoms with Gasteiger partial charge in [-0.2, -0.15) is 0 Å². The number of benzene rings is 8. The Hall–Kier alpha value is -7.11. The van der Waals surface area contributed by atoms with E-state index < -0.39 is 0 Å². The highest BCUT2D eigenvalue weighted by Gasteiger charge is 2.20. The van der Waals surface area contributed by atoms with Crippen molar-refractivity contribution in [1.82, 2.24) is 19.5 Å². The van der Waals surface area contributed by atoms with Gasteiger partial charge in [-0.25, -0.2) is 15.0 Å². The molecule has 0 aliphatic carbocycles. The van der Waals surface area contributed by atoms with Crippen LogP contribution in [0.2, 0.25) is 0 Å². The zero-order valence-electron chi connectivity index (χ0n) is 27.9. The molecule has 5 nitrogen and oxygen atoms in total. The number of para-hydroxylation sites is 3. The number of fused-ring (bicyclic) bond motifs is 8. The molecule has 5 heteroatoms. The van der Waals surface area contributed by atoms with Crippen LogP contribution < -0.4 is 0 Å². The summed E-state index contributed by atoms with van der Waals surface area (Å²) < 4.78 is 8.66. The summed E-state index contributed by atoms with van der Waals surface area (Å²) >= 11 is 0. The van der Waals surface area contributed by atoms with Gasteiger partial charge in [0, 0.05) is 43.6 Å². The molecule has 242 valence electrons. The van der Waals surface area contributed by atoms with E-state index in [2.05, 4.69) is 144 Å². The Morgan fingerprint density at radius 2 is 0.981 bits per heavy atom. The lowest BCUT2D eigenvalue weighted by molar-refractivity contribution is 0.669. The van der Waals surface area contributed by atoms with E-state index in [1.165, 1.54) is 27.2 Å². The lowest BCUT2D eigenvalue weighted by Gasteiger charge is -2.15. The normalized spacial score (nSPS) is 11.8. The number of hydrogen-bond acceptors (Lipinski definition) is 4. The van der Waals surface area contributed by atoms with Crippen LogP contribution in [0, 0.1) is 0 Å². The smallest absolute Gasteiger partial charge is 0.164 e. The quantitative estimate of drug-likeness (QED) is 0.188. The second kappa shape index (κ2) is 11.2. The molecule has 11 aromatic rings. The average Bonchev–Trinajstić information content (AvgIpc) is 3.76. The van der Waals surface area contributed by atoms with Gasteiger partial charge in [-0.1, -0.05) is 127 Å². The van der Waals surface area contributed by atoms with E-state index in [-0.39, 0.29) is 0 Å². The van der Waals surface area contributed by atoms with Crippen molar-refractivity contribution in [3.05, 3.63) is 170 Å². The van der Waals surface area contributed by atoms with Crippen molar-refractivity contribution >= 4 is 65.3 Å². The van der Waals surface area contributed by atoms with E-state index in [1.807, 2.05) is 30.3 Å². The Morgan fingerprint density at radius 1 is 0.385 bits per heavy atom. The Bertz CT molecular complexity index is 3150. The maximum absolute atomic E-state index is 6.29. The van der Waals surface area contributed by atoms with E-state index in [1.54, 1.807) is 0 Å². The van der Waals surface area contributed by atoms with Crippen molar-refractivity contribution in [2.45, 2.75) is 0 Å². The van der Waals surface area contributed by atoms with Crippen molar-refractivity contribution in [2.75, 3.05) is 0 Å². The predicted molar refractivity (Wildman–Crippen MR) is 213 cm³/mol. The molecule has 0 atom stereocenters. The molecule has 3 heterocycles. The van der Waals surface area contributed by atoms with Gasteiger partial charge < -0.3 is 8.98 Å². The maximum Gasteiger partial charge on any atom is 0.164 e. The highest BCUT2D eigenvalue weighted by Crippen LogP contribution is 2.40. The largest absolute Gasteiger partial charge is 0.456 e. The molecular weight excluding hydrogens is 637 g/mol. The molecule has 11 rings (SSSR count). The van der Waals surface area contributed by atoms with Crippen molar-refractivity contribution in [3.8, 4) is 39.9 Å². The van der Waals surface area contributed by atoms with Gasteiger partial charge in [0.15, 0.2) is 17.5 Å². The average molecular weight is 665 g/mol. The summed E-state index contributed by atoms with van der Waals surface area (Å²) in [6, 6.07) is 59.2. The van der Waals surface area contributed by atoms with Gasteiger partial charge in [0.25, 0.3) is 0 Å². The number of aromatic nitrogens is 4. The molecule has 0 unspecified atom stereocenters. The topological polar surface area (TPSA) is 56.7 Å². The van der Waals surface area contributed by atoms with Crippen molar-refractivity contribution in [3.63, 3.8) is 0 Å². The van der Waals surface area contributed by atoms with Gasteiger partial charge in [-0.3, -0.25) is 0 Å². The lowest BCUT2D eigenvalue weighted by Crippen LogP contribution is -2.02.